The van der Waals surface area contributed by atoms with Crippen molar-refractivity contribution in [3.05, 3.63) is 46.3 Å². The van der Waals surface area contributed by atoms with Crippen molar-refractivity contribution in [3.63, 3.8) is 0 Å². The van der Waals surface area contributed by atoms with Crippen LogP contribution in [-0.4, -0.2) is 23.6 Å². The van der Waals surface area contributed by atoms with Crippen LogP contribution in [0.15, 0.2) is 35.4 Å². The Balaban J connectivity index is 1.95. The molecule has 1 aliphatic rings. The first-order valence-corrected chi connectivity index (χ1v) is 7.20. The van der Waals surface area contributed by atoms with E-state index in [2.05, 4.69) is 15.3 Å². The molecule has 1 fully saturated rings. The summed E-state index contributed by atoms with van der Waals surface area (Å²) in [5.41, 5.74) is 8.33. The van der Waals surface area contributed by atoms with E-state index in [1.54, 1.807) is 6.92 Å². The molecular formula is C15H17N4O4-. The topological polar surface area (TPSA) is 127 Å². The van der Waals surface area contributed by atoms with Gasteiger partial charge < -0.3 is 20.0 Å². The fourth-order valence-corrected chi connectivity index (χ4v) is 2.74. The van der Waals surface area contributed by atoms with Gasteiger partial charge in [-0.05, 0) is 23.4 Å². The fourth-order valence-electron chi connectivity index (χ4n) is 2.74. The molecule has 0 radical (unpaired) electrons. The number of rotatable bonds is 7. The predicted molar refractivity (Wildman–Crippen MR) is 78.8 cm³/mol. The lowest BCUT2D eigenvalue weighted by molar-refractivity contribution is -0.306. The van der Waals surface area contributed by atoms with Crippen LogP contribution in [0.1, 0.15) is 25.3 Å². The number of carbonyl (C=O) groups excluding carboxylic acids is 2. The zero-order valence-corrected chi connectivity index (χ0v) is 12.6. The van der Waals surface area contributed by atoms with Crippen LogP contribution < -0.4 is 10.4 Å². The molecule has 3 atom stereocenters. The van der Waals surface area contributed by atoms with Gasteiger partial charge in [0.15, 0.2) is 0 Å². The molecule has 1 N–H and O–H groups in total. The highest BCUT2D eigenvalue weighted by atomic mass is 16.5. The first-order valence-electron chi connectivity index (χ1n) is 7.20. The number of carboxylic acids is 1. The number of carboxylic acid groups (broad SMARTS) is 1. The summed E-state index contributed by atoms with van der Waals surface area (Å²) in [4.78, 5) is 25.6. The molecule has 3 unspecified atom stereocenters. The Morgan fingerprint density at radius 1 is 1.52 bits per heavy atom. The minimum Gasteiger partial charge on any atom is -0.550 e. The number of nitrogens with one attached hydrogen (secondary N) is 1. The monoisotopic (exact) mass is 317 g/mol. The molecule has 1 aromatic carbocycles. The quantitative estimate of drug-likeness (QED) is 0.464. The van der Waals surface area contributed by atoms with E-state index in [0.717, 1.165) is 5.56 Å². The van der Waals surface area contributed by atoms with Gasteiger partial charge in [0.05, 0.1) is 5.54 Å². The maximum Gasteiger partial charge on any atom is 0.407 e. The number of alkyl carbamates (subject to hydrolysis) is 1. The van der Waals surface area contributed by atoms with Gasteiger partial charge >= 0.3 is 6.09 Å². The van der Waals surface area contributed by atoms with E-state index in [0.29, 0.717) is 6.42 Å². The average Bonchev–Trinajstić information content (AvgIpc) is 3.19. The summed E-state index contributed by atoms with van der Waals surface area (Å²) >= 11 is 0. The van der Waals surface area contributed by atoms with Crippen molar-refractivity contribution in [2.75, 3.05) is 0 Å². The molecule has 1 amide bonds. The highest BCUT2D eigenvalue weighted by molar-refractivity contribution is 5.73. The second kappa shape index (κ2) is 7.02. The molecule has 0 aliphatic heterocycles. The number of hydrogen-bond acceptors (Lipinski definition) is 5. The van der Waals surface area contributed by atoms with Crippen LogP contribution in [-0.2, 0) is 16.1 Å². The molecule has 1 aliphatic carbocycles. The lowest BCUT2D eigenvalue weighted by atomic mass is 10.1. The average molecular weight is 317 g/mol. The Morgan fingerprint density at radius 3 is 2.83 bits per heavy atom. The molecule has 8 heteroatoms. The molecule has 0 aromatic heterocycles. The van der Waals surface area contributed by atoms with Crippen LogP contribution in [0, 0.1) is 5.92 Å². The second-order valence-electron chi connectivity index (χ2n) is 5.65. The summed E-state index contributed by atoms with van der Waals surface area (Å²) < 4.78 is 5.11. The molecule has 1 aromatic rings. The summed E-state index contributed by atoms with van der Waals surface area (Å²) in [6.45, 7) is 1.77. The standard InChI is InChI=1S/C15H18N4O4/c1-10(18-19-16)12-7-15(12,8-13(20)21)17-14(22)23-9-11-5-3-2-4-6-11/h2-6,10,12H,7-9H2,1H3,(H,17,22)(H,20,21)/p-1. The smallest absolute Gasteiger partial charge is 0.407 e. The number of nitrogens with zero attached hydrogens (tertiary/aromatic N) is 3. The van der Waals surface area contributed by atoms with Gasteiger partial charge in [-0.15, -0.1) is 0 Å². The second-order valence-corrected chi connectivity index (χ2v) is 5.65. The van der Waals surface area contributed by atoms with Gasteiger partial charge in [0, 0.05) is 23.3 Å². The number of azide groups is 1. The van der Waals surface area contributed by atoms with Crippen LogP contribution >= 0.6 is 0 Å². The summed E-state index contributed by atoms with van der Waals surface area (Å²) in [5, 5.41) is 17.1. The third-order valence-corrected chi connectivity index (χ3v) is 3.97. The molecule has 0 heterocycles. The summed E-state index contributed by atoms with van der Waals surface area (Å²) in [5.74, 6) is -1.52. The molecule has 0 bridgehead atoms. The van der Waals surface area contributed by atoms with Crippen LogP contribution in [0.5, 0.6) is 0 Å². The van der Waals surface area contributed by atoms with Gasteiger partial charge in [0.25, 0.3) is 0 Å². The number of hydrogen-bond donors (Lipinski definition) is 1. The van der Waals surface area contributed by atoms with E-state index < -0.39 is 23.6 Å². The van der Waals surface area contributed by atoms with Gasteiger partial charge in [0.1, 0.15) is 6.61 Å². The van der Waals surface area contributed by atoms with Crippen molar-refractivity contribution in [2.45, 2.75) is 38.0 Å². The summed E-state index contributed by atoms with van der Waals surface area (Å²) in [6, 6.07) is 8.71. The van der Waals surface area contributed by atoms with Gasteiger partial charge in [-0.25, -0.2) is 4.79 Å². The van der Waals surface area contributed by atoms with E-state index in [1.165, 1.54) is 0 Å². The SMILES string of the molecule is CC(N=[N+]=[N-])C1CC1(CC(=O)[O-])NC(=O)OCc1ccccc1. The zero-order chi connectivity index (χ0) is 16.9. The maximum absolute atomic E-state index is 11.9. The van der Waals surface area contributed by atoms with Crippen LogP contribution in [0.2, 0.25) is 0 Å². The van der Waals surface area contributed by atoms with Gasteiger partial charge in [-0.1, -0.05) is 42.4 Å². The van der Waals surface area contributed by atoms with Gasteiger partial charge in [-0.3, -0.25) is 0 Å². The minimum absolute atomic E-state index is 0.0879. The van der Waals surface area contributed by atoms with E-state index in [-0.39, 0.29) is 18.9 Å². The highest BCUT2D eigenvalue weighted by Gasteiger charge is 2.57. The molecule has 1 saturated carbocycles. The Morgan fingerprint density at radius 2 is 2.22 bits per heavy atom. The van der Waals surface area contributed by atoms with E-state index in [9.17, 15) is 14.7 Å². The van der Waals surface area contributed by atoms with Crippen molar-refractivity contribution in [3.8, 4) is 0 Å². The first kappa shape index (κ1) is 16.6. The molecule has 23 heavy (non-hydrogen) atoms. The lowest BCUT2D eigenvalue weighted by Gasteiger charge is -2.21. The summed E-state index contributed by atoms with van der Waals surface area (Å²) in [6.07, 6.45) is -0.643. The van der Waals surface area contributed by atoms with E-state index in [1.807, 2.05) is 30.3 Å². The van der Waals surface area contributed by atoms with Gasteiger partial charge in [0.2, 0.25) is 0 Å². The molecule has 8 nitrogen and oxygen atoms in total. The van der Waals surface area contributed by atoms with Crippen LogP contribution in [0.3, 0.4) is 0 Å². The van der Waals surface area contributed by atoms with Crippen molar-refractivity contribution in [1.82, 2.24) is 5.32 Å². The Hall–Kier alpha value is -2.73. The third kappa shape index (κ3) is 4.37. The molecular weight excluding hydrogens is 300 g/mol. The van der Waals surface area contributed by atoms with Crippen molar-refractivity contribution in [2.24, 2.45) is 11.0 Å². The van der Waals surface area contributed by atoms with Crippen LogP contribution in [0.4, 0.5) is 4.79 Å². The van der Waals surface area contributed by atoms with Crippen molar-refractivity contribution in [1.29, 1.82) is 0 Å². The van der Waals surface area contributed by atoms with E-state index in [4.69, 9.17) is 10.3 Å². The third-order valence-electron chi connectivity index (χ3n) is 3.97. The van der Waals surface area contributed by atoms with Gasteiger partial charge in [-0.2, -0.15) is 0 Å². The number of carbonyl (C=O) groups is 2. The molecule has 2 rings (SSSR count). The predicted octanol–water partition coefficient (Wildman–Crippen LogP) is 1.51. The van der Waals surface area contributed by atoms with Crippen molar-refractivity contribution < 1.29 is 19.4 Å². The Labute approximate surface area is 133 Å². The van der Waals surface area contributed by atoms with Crippen LogP contribution in [0.25, 0.3) is 10.4 Å². The molecule has 0 spiro atoms. The largest absolute Gasteiger partial charge is 0.550 e. The normalized spacial score (nSPS) is 23.3. The molecule has 122 valence electrons. The van der Waals surface area contributed by atoms with E-state index >= 15 is 0 Å². The zero-order valence-electron chi connectivity index (χ0n) is 12.6. The summed E-state index contributed by atoms with van der Waals surface area (Å²) in [7, 11) is 0. The minimum atomic E-state index is -1.27. The number of aliphatic carboxylic acids is 1. The number of ether oxygens (including phenoxy) is 1. The number of amides is 1. The Kier molecular flexibility index (Phi) is 5.08. The lowest BCUT2D eigenvalue weighted by Crippen LogP contribution is -2.44. The van der Waals surface area contributed by atoms with Crippen molar-refractivity contribution >= 4 is 12.1 Å². The highest BCUT2D eigenvalue weighted by Crippen LogP contribution is 2.49. The molecule has 0 saturated heterocycles. The number of benzene rings is 1. The first-order chi connectivity index (χ1) is 11.0. The maximum atomic E-state index is 11.9. The Bertz CT molecular complexity index is 630. The fraction of sp³-hybridized carbons (Fsp3) is 0.467.